The Hall–Kier alpha value is -1.84. The summed E-state index contributed by atoms with van der Waals surface area (Å²) in [4.78, 5) is 22.7. The van der Waals surface area contributed by atoms with Gasteiger partial charge in [0.25, 0.3) is 0 Å². The van der Waals surface area contributed by atoms with E-state index in [1.165, 1.54) is 0 Å². The Kier molecular flexibility index (Phi) is 5.20. The van der Waals surface area contributed by atoms with Crippen LogP contribution < -0.4 is 10.6 Å². The second kappa shape index (κ2) is 6.68. The van der Waals surface area contributed by atoms with E-state index < -0.39 is 6.03 Å². The molecule has 0 aliphatic heterocycles. The molecule has 1 aromatic rings. The van der Waals surface area contributed by atoms with Gasteiger partial charge in [0.15, 0.2) is 0 Å². The lowest BCUT2D eigenvalue weighted by molar-refractivity contribution is -0.120. The predicted octanol–water partition coefficient (Wildman–Crippen LogP) is 2.37. The second-order valence-corrected chi connectivity index (χ2v) is 3.90. The quantitative estimate of drug-likeness (QED) is 0.840. The first kappa shape index (κ1) is 13.2. The number of nitrogens with one attached hydrogen (secondary N) is 2. The molecule has 0 aliphatic rings. The molecule has 0 aromatic heterocycles. The van der Waals surface area contributed by atoms with Gasteiger partial charge in [0, 0.05) is 6.42 Å². The lowest BCUT2D eigenvalue weighted by Gasteiger charge is -2.14. The van der Waals surface area contributed by atoms with E-state index in [0.717, 1.165) is 12.0 Å². The zero-order valence-corrected chi connectivity index (χ0v) is 10.2. The third kappa shape index (κ3) is 4.68. The second-order valence-electron chi connectivity index (χ2n) is 3.90. The Balaban J connectivity index is 2.44. The van der Waals surface area contributed by atoms with Gasteiger partial charge in [-0.3, -0.25) is 10.1 Å². The monoisotopic (exact) mass is 234 g/mol. The highest BCUT2D eigenvalue weighted by atomic mass is 16.2. The molecule has 3 amide bonds. The fourth-order valence-corrected chi connectivity index (χ4v) is 1.47. The van der Waals surface area contributed by atoms with Crippen LogP contribution in [0.4, 0.5) is 4.79 Å². The molecule has 2 N–H and O–H groups in total. The van der Waals surface area contributed by atoms with E-state index in [2.05, 4.69) is 10.6 Å². The van der Waals surface area contributed by atoms with Crippen molar-refractivity contribution in [2.75, 3.05) is 0 Å². The van der Waals surface area contributed by atoms with E-state index in [0.29, 0.717) is 6.42 Å². The molecule has 0 unspecified atom stereocenters. The van der Waals surface area contributed by atoms with Gasteiger partial charge < -0.3 is 5.32 Å². The van der Waals surface area contributed by atoms with Crippen molar-refractivity contribution in [1.82, 2.24) is 10.6 Å². The van der Waals surface area contributed by atoms with Gasteiger partial charge in [-0.25, -0.2) is 4.79 Å². The highest BCUT2D eigenvalue weighted by molar-refractivity contribution is 5.94. The van der Waals surface area contributed by atoms with Crippen molar-refractivity contribution in [1.29, 1.82) is 0 Å². The minimum Gasteiger partial charge on any atom is -0.331 e. The van der Waals surface area contributed by atoms with Crippen LogP contribution in [0.5, 0.6) is 0 Å². The van der Waals surface area contributed by atoms with Crippen molar-refractivity contribution < 1.29 is 9.59 Å². The van der Waals surface area contributed by atoms with Crippen LogP contribution in [0.25, 0.3) is 0 Å². The van der Waals surface area contributed by atoms with Crippen LogP contribution in [-0.4, -0.2) is 11.9 Å². The van der Waals surface area contributed by atoms with E-state index in [9.17, 15) is 9.59 Å². The predicted molar refractivity (Wildman–Crippen MR) is 66.4 cm³/mol. The molecule has 92 valence electrons. The number of amides is 3. The van der Waals surface area contributed by atoms with E-state index in [1.54, 1.807) is 0 Å². The van der Waals surface area contributed by atoms with Gasteiger partial charge in [-0.1, -0.05) is 37.3 Å². The van der Waals surface area contributed by atoms with Crippen molar-refractivity contribution in [3.63, 3.8) is 0 Å². The van der Waals surface area contributed by atoms with Crippen molar-refractivity contribution in [3.05, 3.63) is 35.9 Å². The first-order valence-corrected chi connectivity index (χ1v) is 5.78. The number of rotatable bonds is 4. The molecule has 17 heavy (non-hydrogen) atoms. The van der Waals surface area contributed by atoms with Crippen LogP contribution in [-0.2, 0) is 4.79 Å². The van der Waals surface area contributed by atoms with Crippen LogP contribution in [0.15, 0.2) is 30.3 Å². The third-order valence-electron chi connectivity index (χ3n) is 2.38. The summed E-state index contributed by atoms with van der Waals surface area (Å²) >= 11 is 0. The Morgan fingerprint density at radius 3 is 2.47 bits per heavy atom. The summed E-state index contributed by atoms with van der Waals surface area (Å²) in [5, 5.41) is 5.01. The SMILES string of the molecule is CCCC(=O)NC(=O)N[C@H](C)c1ccccc1. The molecule has 0 bridgehead atoms. The van der Waals surface area contributed by atoms with Crippen LogP contribution >= 0.6 is 0 Å². The molecule has 0 fully saturated rings. The average Bonchev–Trinajstić information content (AvgIpc) is 2.30. The molecule has 0 aliphatic carbocycles. The molecule has 1 atom stereocenters. The minimum atomic E-state index is -0.445. The van der Waals surface area contributed by atoms with Gasteiger partial charge in [0.2, 0.25) is 5.91 Å². The summed E-state index contributed by atoms with van der Waals surface area (Å²) in [5.74, 6) is -0.245. The summed E-state index contributed by atoms with van der Waals surface area (Å²) < 4.78 is 0. The summed E-state index contributed by atoms with van der Waals surface area (Å²) in [6.07, 6.45) is 1.10. The number of carbonyl (C=O) groups is 2. The smallest absolute Gasteiger partial charge is 0.321 e. The van der Waals surface area contributed by atoms with Gasteiger partial charge in [0.05, 0.1) is 6.04 Å². The molecule has 0 saturated heterocycles. The maximum atomic E-state index is 11.5. The van der Waals surface area contributed by atoms with Gasteiger partial charge in [-0.2, -0.15) is 0 Å². The van der Waals surface area contributed by atoms with Crippen LogP contribution in [0.2, 0.25) is 0 Å². The summed E-state index contributed by atoms with van der Waals surface area (Å²) in [5.41, 5.74) is 1.01. The molecule has 4 nitrogen and oxygen atoms in total. The number of carbonyl (C=O) groups excluding carboxylic acids is 2. The van der Waals surface area contributed by atoms with Crippen molar-refractivity contribution in [3.8, 4) is 0 Å². The molecule has 1 rings (SSSR count). The fraction of sp³-hybridized carbons (Fsp3) is 0.385. The van der Waals surface area contributed by atoms with Gasteiger partial charge in [-0.05, 0) is 18.9 Å². The third-order valence-corrected chi connectivity index (χ3v) is 2.38. The highest BCUT2D eigenvalue weighted by Gasteiger charge is 2.10. The molecule has 0 saturated carbocycles. The zero-order chi connectivity index (χ0) is 12.7. The standard InChI is InChI=1S/C13H18N2O2/c1-3-7-12(16)15-13(17)14-10(2)11-8-5-4-6-9-11/h4-6,8-10H,3,7H2,1-2H3,(H2,14,15,16,17)/t10-/m1/s1. The van der Waals surface area contributed by atoms with E-state index in [1.807, 2.05) is 44.2 Å². The lowest BCUT2D eigenvalue weighted by Crippen LogP contribution is -2.40. The fourth-order valence-electron chi connectivity index (χ4n) is 1.47. The minimum absolute atomic E-state index is 0.120. The molecule has 1 aromatic carbocycles. The first-order chi connectivity index (χ1) is 8.13. The molecule has 0 heterocycles. The zero-order valence-electron chi connectivity index (χ0n) is 10.2. The summed E-state index contributed by atoms with van der Waals surface area (Å²) in [6.45, 7) is 3.77. The van der Waals surface area contributed by atoms with E-state index >= 15 is 0 Å². The maximum absolute atomic E-state index is 11.5. The molecule has 0 spiro atoms. The summed E-state index contributed by atoms with van der Waals surface area (Å²) in [7, 11) is 0. The number of hydrogen-bond acceptors (Lipinski definition) is 2. The Labute approximate surface area is 101 Å². The van der Waals surface area contributed by atoms with Gasteiger partial charge >= 0.3 is 6.03 Å². The number of urea groups is 1. The first-order valence-electron chi connectivity index (χ1n) is 5.78. The van der Waals surface area contributed by atoms with Crippen LogP contribution in [0, 0.1) is 0 Å². The lowest BCUT2D eigenvalue weighted by atomic mass is 10.1. The van der Waals surface area contributed by atoms with Crippen molar-refractivity contribution in [2.24, 2.45) is 0 Å². The number of benzene rings is 1. The largest absolute Gasteiger partial charge is 0.331 e. The topological polar surface area (TPSA) is 58.2 Å². The van der Waals surface area contributed by atoms with E-state index in [4.69, 9.17) is 0 Å². The van der Waals surface area contributed by atoms with Crippen molar-refractivity contribution >= 4 is 11.9 Å². The van der Waals surface area contributed by atoms with Gasteiger partial charge in [-0.15, -0.1) is 0 Å². The molecular weight excluding hydrogens is 216 g/mol. The normalized spacial score (nSPS) is 11.6. The van der Waals surface area contributed by atoms with Crippen LogP contribution in [0.3, 0.4) is 0 Å². The molecular formula is C13H18N2O2. The average molecular weight is 234 g/mol. The van der Waals surface area contributed by atoms with Crippen LogP contribution in [0.1, 0.15) is 38.3 Å². The highest BCUT2D eigenvalue weighted by Crippen LogP contribution is 2.10. The Morgan fingerprint density at radius 2 is 1.88 bits per heavy atom. The maximum Gasteiger partial charge on any atom is 0.321 e. The number of imide groups is 1. The van der Waals surface area contributed by atoms with Gasteiger partial charge in [0.1, 0.15) is 0 Å². The Bertz CT molecular complexity index is 376. The number of hydrogen-bond donors (Lipinski definition) is 2. The van der Waals surface area contributed by atoms with Crippen molar-refractivity contribution in [2.45, 2.75) is 32.7 Å². The molecule has 0 radical (unpaired) electrons. The van der Waals surface area contributed by atoms with E-state index in [-0.39, 0.29) is 11.9 Å². The summed E-state index contributed by atoms with van der Waals surface area (Å²) in [6, 6.07) is 9.03. The molecule has 4 heteroatoms. The Morgan fingerprint density at radius 1 is 1.24 bits per heavy atom.